The summed E-state index contributed by atoms with van der Waals surface area (Å²) in [5, 5.41) is 12.7. The molecule has 4 rings (SSSR count). The molecule has 0 aromatic carbocycles. The molecular formula is C18H28N6O. The smallest absolute Gasteiger partial charge is 0.0798 e. The van der Waals surface area contributed by atoms with E-state index in [2.05, 4.69) is 33.2 Å². The van der Waals surface area contributed by atoms with Crippen LogP contribution in [0.25, 0.3) is 0 Å². The van der Waals surface area contributed by atoms with E-state index < -0.39 is 0 Å². The highest BCUT2D eigenvalue weighted by Crippen LogP contribution is 2.23. The van der Waals surface area contributed by atoms with Crippen LogP contribution in [0.2, 0.25) is 0 Å². The lowest BCUT2D eigenvalue weighted by Gasteiger charge is -2.27. The quantitative estimate of drug-likeness (QED) is 0.876. The fourth-order valence-corrected chi connectivity index (χ4v) is 3.94. The van der Waals surface area contributed by atoms with Crippen molar-refractivity contribution in [3.05, 3.63) is 34.9 Å². The van der Waals surface area contributed by atoms with Crippen LogP contribution in [0.4, 0.5) is 0 Å². The lowest BCUT2D eigenvalue weighted by atomic mass is 10.0. The summed E-state index contributed by atoms with van der Waals surface area (Å²) in [4.78, 5) is 2.48. The van der Waals surface area contributed by atoms with Crippen LogP contribution in [0, 0.1) is 0 Å². The maximum absolute atomic E-state index is 5.44. The maximum atomic E-state index is 5.44. The van der Waals surface area contributed by atoms with E-state index in [1.165, 1.54) is 22.5 Å². The molecule has 136 valence electrons. The Morgan fingerprint density at radius 2 is 2.12 bits per heavy atom. The third-order valence-corrected chi connectivity index (χ3v) is 5.35. The van der Waals surface area contributed by atoms with Crippen molar-refractivity contribution in [3.8, 4) is 0 Å². The first kappa shape index (κ1) is 16.8. The Morgan fingerprint density at radius 1 is 1.28 bits per heavy atom. The molecule has 0 spiro atoms. The largest absolute Gasteiger partial charge is 0.381 e. The number of rotatable bonds is 5. The number of nitrogens with one attached hydrogen (secondary N) is 1. The van der Waals surface area contributed by atoms with Gasteiger partial charge in [0.2, 0.25) is 0 Å². The molecule has 7 heteroatoms. The van der Waals surface area contributed by atoms with Crippen LogP contribution in [0.5, 0.6) is 0 Å². The zero-order chi connectivity index (χ0) is 17.2. The van der Waals surface area contributed by atoms with Gasteiger partial charge in [0.25, 0.3) is 0 Å². The van der Waals surface area contributed by atoms with Crippen molar-refractivity contribution in [3.63, 3.8) is 0 Å². The number of aryl methyl sites for hydroxylation is 2. The van der Waals surface area contributed by atoms with E-state index in [0.29, 0.717) is 6.04 Å². The van der Waals surface area contributed by atoms with Gasteiger partial charge in [0, 0.05) is 76.9 Å². The van der Waals surface area contributed by atoms with Crippen LogP contribution in [-0.2, 0) is 44.9 Å². The summed E-state index contributed by atoms with van der Waals surface area (Å²) < 4.78 is 9.38. The van der Waals surface area contributed by atoms with Crippen molar-refractivity contribution in [1.82, 2.24) is 29.8 Å². The molecule has 0 radical (unpaired) electrons. The fourth-order valence-electron chi connectivity index (χ4n) is 3.94. The second-order valence-corrected chi connectivity index (χ2v) is 7.25. The molecule has 0 aliphatic carbocycles. The van der Waals surface area contributed by atoms with Crippen LogP contribution in [-0.4, -0.2) is 50.3 Å². The predicted octanol–water partition coefficient (Wildman–Crippen LogP) is 0.981. The minimum absolute atomic E-state index is 0.567. The zero-order valence-corrected chi connectivity index (χ0v) is 15.2. The number of hydrogen-bond donors (Lipinski definition) is 1. The topological polar surface area (TPSA) is 60.1 Å². The molecule has 0 atom stereocenters. The van der Waals surface area contributed by atoms with E-state index in [0.717, 1.165) is 58.7 Å². The Hall–Kier alpha value is -1.70. The molecule has 2 aliphatic rings. The standard InChI is InChI=1S/C18H28N6O/c1-22-11-14(9-20-22)12-24-6-3-16-17(21-23(2)18(16)13-24)10-19-15-4-7-25-8-5-15/h9,11,15,19H,3-8,10,12-13H2,1-2H3. The first-order chi connectivity index (χ1) is 12.2. The number of ether oxygens (including phenoxy) is 1. The minimum atomic E-state index is 0.567. The highest BCUT2D eigenvalue weighted by molar-refractivity contribution is 5.29. The summed E-state index contributed by atoms with van der Waals surface area (Å²) in [6, 6.07) is 0.567. The number of fused-ring (bicyclic) bond motifs is 1. The van der Waals surface area contributed by atoms with Crippen molar-refractivity contribution in [2.45, 2.75) is 44.9 Å². The molecular weight excluding hydrogens is 316 g/mol. The highest BCUT2D eigenvalue weighted by Gasteiger charge is 2.24. The Morgan fingerprint density at radius 3 is 2.88 bits per heavy atom. The summed E-state index contributed by atoms with van der Waals surface area (Å²) in [6.07, 6.45) is 7.35. The van der Waals surface area contributed by atoms with Gasteiger partial charge in [-0.15, -0.1) is 0 Å². The van der Waals surface area contributed by atoms with Gasteiger partial charge in [0.15, 0.2) is 0 Å². The summed E-state index contributed by atoms with van der Waals surface area (Å²) in [5.74, 6) is 0. The lowest BCUT2D eigenvalue weighted by Crippen LogP contribution is -2.35. The summed E-state index contributed by atoms with van der Waals surface area (Å²) in [6.45, 7) is 5.62. The average molecular weight is 344 g/mol. The van der Waals surface area contributed by atoms with Crippen LogP contribution >= 0.6 is 0 Å². The fraction of sp³-hybridized carbons (Fsp3) is 0.667. The summed E-state index contributed by atoms with van der Waals surface area (Å²) in [5.41, 5.74) is 5.31. The first-order valence-corrected chi connectivity index (χ1v) is 9.23. The van der Waals surface area contributed by atoms with Gasteiger partial charge in [-0.1, -0.05) is 0 Å². The van der Waals surface area contributed by atoms with Gasteiger partial charge in [-0.25, -0.2) is 0 Å². The van der Waals surface area contributed by atoms with E-state index in [-0.39, 0.29) is 0 Å². The van der Waals surface area contributed by atoms with E-state index in [4.69, 9.17) is 9.84 Å². The predicted molar refractivity (Wildman–Crippen MR) is 94.9 cm³/mol. The molecule has 0 bridgehead atoms. The van der Waals surface area contributed by atoms with Gasteiger partial charge in [-0.05, 0) is 19.3 Å². The highest BCUT2D eigenvalue weighted by atomic mass is 16.5. The van der Waals surface area contributed by atoms with E-state index in [9.17, 15) is 0 Å². The third kappa shape index (κ3) is 3.78. The molecule has 2 aromatic heterocycles. The number of nitrogens with zero attached hydrogens (tertiary/aromatic N) is 5. The number of hydrogen-bond acceptors (Lipinski definition) is 5. The second kappa shape index (κ2) is 7.27. The van der Waals surface area contributed by atoms with Gasteiger partial charge >= 0.3 is 0 Å². The van der Waals surface area contributed by atoms with Crippen molar-refractivity contribution in [2.24, 2.45) is 14.1 Å². The van der Waals surface area contributed by atoms with Crippen molar-refractivity contribution >= 4 is 0 Å². The summed E-state index contributed by atoms with van der Waals surface area (Å²) in [7, 11) is 4.04. The molecule has 2 aliphatic heterocycles. The Balaban J connectivity index is 1.40. The monoisotopic (exact) mass is 344 g/mol. The van der Waals surface area contributed by atoms with Crippen LogP contribution in [0.15, 0.2) is 12.4 Å². The Labute approximate surface area is 148 Å². The molecule has 4 heterocycles. The maximum Gasteiger partial charge on any atom is 0.0798 e. The van der Waals surface area contributed by atoms with Gasteiger partial charge in [-0.3, -0.25) is 14.3 Å². The van der Waals surface area contributed by atoms with Gasteiger partial charge in [-0.2, -0.15) is 10.2 Å². The van der Waals surface area contributed by atoms with Crippen LogP contribution < -0.4 is 5.32 Å². The summed E-state index contributed by atoms with van der Waals surface area (Å²) >= 11 is 0. The molecule has 0 unspecified atom stereocenters. The van der Waals surface area contributed by atoms with Crippen molar-refractivity contribution in [2.75, 3.05) is 19.8 Å². The molecule has 1 fully saturated rings. The number of aromatic nitrogens is 4. The van der Waals surface area contributed by atoms with E-state index in [1.807, 2.05) is 17.9 Å². The molecule has 1 N–H and O–H groups in total. The third-order valence-electron chi connectivity index (χ3n) is 5.35. The Bertz CT molecular complexity index is 715. The molecule has 25 heavy (non-hydrogen) atoms. The molecule has 0 saturated carbocycles. The van der Waals surface area contributed by atoms with Crippen molar-refractivity contribution in [1.29, 1.82) is 0 Å². The second-order valence-electron chi connectivity index (χ2n) is 7.25. The van der Waals surface area contributed by atoms with Gasteiger partial charge in [0.1, 0.15) is 0 Å². The lowest BCUT2D eigenvalue weighted by molar-refractivity contribution is 0.0775. The zero-order valence-electron chi connectivity index (χ0n) is 15.2. The van der Waals surface area contributed by atoms with E-state index >= 15 is 0 Å². The first-order valence-electron chi connectivity index (χ1n) is 9.23. The molecule has 0 amide bonds. The Kier molecular flexibility index (Phi) is 4.87. The average Bonchev–Trinajstić information content (AvgIpc) is 3.17. The molecule has 1 saturated heterocycles. The van der Waals surface area contributed by atoms with Crippen molar-refractivity contribution < 1.29 is 4.74 Å². The molecule has 7 nitrogen and oxygen atoms in total. The minimum Gasteiger partial charge on any atom is -0.381 e. The van der Waals surface area contributed by atoms with E-state index in [1.54, 1.807) is 0 Å². The SMILES string of the molecule is Cn1cc(CN2CCc3c(CNC4CCOCC4)nn(C)c3C2)cn1. The van der Waals surface area contributed by atoms with Gasteiger partial charge < -0.3 is 10.1 Å². The van der Waals surface area contributed by atoms with Crippen LogP contribution in [0.3, 0.4) is 0 Å². The van der Waals surface area contributed by atoms with Crippen LogP contribution in [0.1, 0.15) is 35.4 Å². The van der Waals surface area contributed by atoms with Gasteiger partial charge in [0.05, 0.1) is 17.6 Å². The molecule has 2 aromatic rings. The normalized spacial score (nSPS) is 19.3.